The lowest BCUT2D eigenvalue weighted by Gasteiger charge is -2.24. The number of anilines is 1. The van der Waals surface area contributed by atoms with Gasteiger partial charge in [0.25, 0.3) is 17.2 Å². The van der Waals surface area contributed by atoms with E-state index < -0.39 is 10.6 Å². The maximum atomic E-state index is 11.6. The Bertz CT molecular complexity index is 907. The van der Waals surface area contributed by atoms with Crippen LogP contribution in [0.2, 0.25) is 0 Å². The largest absolute Gasteiger partial charge is 0.346 e. The van der Waals surface area contributed by atoms with Gasteiger partial charge in [-0.15, -0.1) is 0 Å². The number of rotatable bonds is 4. The van der Waals surface area contributed by atoms with Gasteiger partial charge in [-0.05, 0) is 37.0 Å². The Balaban J connectivity index is 1.77. The fourth-order valence-electron chi connectivity index (χ4n) is 4.16. The van der Waals surface area contributed by atoms with Crippen LogP contribution in [0, 0.1) is 10.1 Å². The number of non-ortho nitro benzene ring substituents is 1. The molecule has 27 heavy (non-hydrogen) atoms. The van der Waals surface area contributed by atoms with Crippen LogP contribution in [0.25, 0.3) is 0 Å². The van der Waals surface area contributed by atoms with Crippen molar-refractivity contribution in [3.63, 3.8) is 0 Å². The van der Waals surface area contributed by atoms with Crippen molar-refractivity contribution in [2.45, 2.75) is 38.3 Å². The number of hydrogen-bond donors (Lipinski definition) is 1. The molecule has 4 rings (SSSR count). The predicted octanol–water partition coefficient (Wildman–Crippen LogP) is 3.42. The number of hydrogen-bond acceptors (Lipinski definition) is 4. The Morgan fingerprint density at radius 1 is 1.22 bits per heavy atom. The fourth-order valence-corrected chi connectivity index (χ4v) is 4.16. The summed E-state index contributed by atoms with van der Waals surface area (Å²) in [5.41, 5.74) is 1.65. The van der Waals surface area contributed by atoms with Gasteiger partial charge >= 0.3 is 0 Å². The third-order valence-electron chi connectivity index (χ3n) is 5.66. The van der Waals surface area contributed by atoms with Crippen LogP contribution in [0.5, 0.6) is 0 Å². The van der Waals surface area contributed by atoms with E-state index in [1.165, 1.54) is 17.7 Å². The molecule has 0 radical (unpaired) electrons. The molecule has 6 nitrogen and oxygen atoms in total. The van der Waals surface area contributed by atoms with E-state index >= 15 is 0 Å². The second-order valence-electron chi connectivity index (χ2n) is 7.26. The molecular weight excluding hydrogens is 342 g/mol. The minimum Gasteiger partial charge on any atom is -0.346 e. The van der Waals surface area contributed by atoms with Crippen LogP contribution < -0.4 is 4.90 Å². The van der Waals surface area contributed by atoms with Gasteiger partial charge in [-0.1, -0.05) is 31.2 Å². The Morgan fingerprint density at radius 2 is 2.00 bits per heavy atom. The normalized spacial score (nSPS) is 22.1. The standard InChI is InChI=1S/C21H24N3O3/c1-2-16-9-11-18(12-10-16)22-15-21(25,23-13-4-3-8-20(22)23)17-6-5-7-19(14-17)24(26)27/h5-7,9-12,14,25H,2-4,8,13,15H2,1H3/q+1/t21-/m0/s1. The SMILES string of the molecule is CCc1ccc(N2C[C@](O)(c3cccc([N+](=O)[O-])c3)[N+]3=C2CCCC3)cc1. The van der Waals surface area contributed by atoms with E-state index in [0.29, 0.717) is 12.1 Å². The van der Waals surface area contributed by atoms with Crippen molar-refractivity contribution in [2.75, 3.05) is 18.0 Å². The summed E-state index contributed by atoms with van der Waals surface area (Å²) < 4.78 is 2.03. The van der Waals surface area contributed by atoms with Gasteiger partial charge < -0.3 is 5.11 Å². The van der Waals surface area contributed by atoms with E-state index in [1.54, 1.807) is 12.1 Å². The molecule has 0 amide bonds. The lowest BCUT2D eigenvalue weighted by molar-refractivity contribution is -0.661. The lowest BCUT2D eigenvalue weighted by atomic mass is 10.0. The number of nitro groups is 1. The molecule has 0 aromatic heterocycles. The summed E-state index contributed by atoms with van der Waals surface area (Å²) in [6.07, 6.45) is 3.97. The maximum absolute atomic E-state index is 11.6. The molecule has 140 valence electrons. The molecule has 2 aliphatic heterocycles. The van der Waals surface area contributed by atoms with Crippen LogP contribution in [0.4, 0.5) is 11.4 Å². The molecule has 0 unspecified atom stereocenters. The third-order valence-corrected chi connectivity index (χ3v) is 5.66. The van der Waals surface area contributed by atoms with Crippen molar-refractivity contribution in [2.24, 2.45) is 0 Å². The van der Waals surface area contributed by atoms with Gasteiger partial charge in [-0.25, -0.2) is 9.48 Å². The fraction of sp³-hybridized carbons (Fsp3) is 0.381. The Kier molecular flexibility index (Phi) is 4.44. The quantitative estimate of drug-likeness (QED) is 0.511. The van der Waals surface area contributed by atoms with Crippen molar-refractivity contribution in [3.8, 4) is 0 Å². The van der Waals surface area contributed by atoms with Gasteiger partial charge in [0.2, 0.25) is 0 Å². The summed E-state index contributed by atoms with van der Waals surface area (Å²) in [6.45, 7) is 3.25. The molecule has 2 heterocycles. The highest BCUT2D eigenvalue weighted by Crippen LogP contribution is 2.36. The van der Waals surface area contributed by atoms with Gasteiger partial charge in [0.05, 0.1) is 11.5 Å². The van der Waals surface area contributed by atoms with Crippen molar-refractivity contribution >= 4 is 17.2 Å². The minimum absolute atomic E-state index is 0.00485. The highest BCUT2D eigenvalue weighted by atomic mass is 16.6. The lowest BCUT2D eigenvalue weighted by Crippen LogP contribution is -2.41. The molecule has 2 aliphatic rings. The second-order valence-corrected chi connectivity index (χ2v) is 7.26. The summed E-state index contributed by atoms with van der Waals surface area (Å²) in [4.78, 5) is 12.9. The molecule has 0 spiro atoms. The van der Waals surface area contributed by atoms with Gasteiger partial charge in [0.15, 0.2) is 6.54 Å². The van der Waals surface area contributed by atoms with Gasteiger partial charge in [-0.2, -0.15) is 0 Å². The van der Waals surface area contributed by atoms with E-state index in [4.69, 9.17) is 0 Å². The number of benzene rings is 2. The van der Waals surface area contributed by atoms with Crippen LogP contribution >= 0.6 is 0 Å². The van der Waals surface area contributed by atoms with Gasteiger partial charge in [-0.3, -0.25) is 10.1 Å². The first-order valence-electron chi connectivity index (χ1n) is 9.50. The Hall–Kier alpha value is -2.73. The van der Waals surface area contributed by atoms with E-state index in [1.807, 2.05) is 4.58 Å². The first-order valence-corrected chi connectivity index (χ1v) is 9.50. The number of nitro benzene ring substituents is 1. The smallest absolute Gasteiger partial charge is 0.271 e. The zero-order chi connectivity index (χ0) is 19.0. The van der Waals surface area contributed by atoms with Crippen molar-refractivity contribution in [1.82, 2.24) is 0 Å². The number of aryl methyl sites for hydroxylation is 1. The summed E-state index contributed by atoms with van der Waals surface area (Å²) in [7, 11) is 0. The van der Waals surface area contributed by atoms with Crippen LogP contribution in [0.15, 0.2) is 48.5 Å². The summed E-state index contributed by atoms with van der Waals surface area (Å²) >= 11 is 0. The van der Waals surface area contributed by atoms with Crippen LogP contribution in [-0.2, 0) is 12.1 Å². The van der Waals surface area contributed by atoms with Crippen molar-refractivity contribution in [3.05, 3.63) is 69.8 Å². The summed E-state index contributed by atoms with van der Waals surface area (Å²) in [6, 6.07) is 14.8. The molecule has 2 aromatic carbocycles. The molecule has 1 N–H and O–H groups in total. The number of aliphatic hydroxyl groups is 1. The van der Waals surface area contributed by atoms with Crippen LogP contribution in [-0.4, -0.2) is 33.5 Å². The molecule has 0 fully saturated rings. The molecule has 0 saturated carbocycles. The minimum atomic E-state index is -1.26. The average molecular weight is 366 g/mol. The monoisotopic (exact) mass is 366 g/mol. The molecule has 0 saturated heterocycles. The second kappa shape index (κ2) is 6.78. The Labute approximate surface area is 158 Å². The van der Waals surface area contributed by atoms with E-state index in [2.05, 4.69) is 36.1 Å². The highest BCUT2D eigenvalue weighted by molar-refractivity contribution is 5.96. The van der Waals surface area contributed by atoms with Crippen molar-refractivity contribution in [1.29, 1.82) is 0 Å². The predicted molar refractivity (Wildman–Crippen MR) is 104 cm³/mol. The first-order chi connectivity index (χ1) is 13.0. The van der Waals surface area contributed by atoms with Gasteiger partial charge in [0.1, 0.15) is 5.69 Å². The van der Waals surface area contributed by atoms with E-state index in [-0.39, 0.29) is 5.69 Å². The Morgan fingerprint density at radius 3 is 2.70 bits per heavy atom. The van der Waals surface area contributed by atoms with E-state index in [9.17, 15) is 15.2 Å². The van der Waals surface area contributed by atoms with E-state index in [0.717, 1.165) is 43.8 Å². The zero-order valence-corrected chi connectivity index (χ0v) is 15.5. The molecule has 2 aromatic rings. The van der Waals surface area contributed by atoms with Gasteiger partial charge in [0, 0.05) is 24.1 Å². The third kappa shape index (κ3) is 3.00. The average Bonchev–Trinajstić information content (AvgIpc) is 3.02. The molecule has 1 atom stereocenters. The number of amidine groups is 1. The summed E-state index contributed by atoms with van der Waals surface area (Å²) in [5.74, 6) is 1.10. The maximum Gasteiger partial charge on any atom is 0.271 e. The van der Waals surface area contributed by atoms with Crippen LogP contribution in [0.3, 0.4) is 0 Å². The van der Waals surface area contributed by atoms with Crippen LogP contribution in [0.1, 0.15) is 37.3 Å². The molecule has 0 aliphatic carbocycles. The summed E-state index contributed by atoms with van der Waals surface area (Å²) in [5, 5.41) is 22.8. The topological polar surface area (TPSA) is 69.6 Å². The highest BCUT2D eigenvalue weighted by Gasteiger charge is 2.52. The molecule has 6 heteroatoms. The number of nitrogens with zero attached hydrogens (tertiary/aromatic N) is 3. The molecular formula is C21H24N3O3+. The first kappa shape index (κ1) is 17.7. The molecule has 0 bridgehead atoms. The number of β-amino-alcohol motifs (C(OH)–C–C–N with tert-alkyl or cyclic N) is 1. The van der Waals surface area contributed by atoms with Crippen molar-refractivity contribution < 1.29 is 14.6 Å². The zero-order valence-electron chi connectivity index (χ0n) is 15.5.